The van der Waals surface area contributed by atoms with Crippen molar-refractivity contribution in [3.8, 4) is 0 Å². The Bertz CT molecular complexity index is 1450. The molecule has 33 heavy (non-hydrogen) atoms. The summed E-state index contributed by atoms with van der Waals surface area (Å²) in [5, 5.41) is 0.782. The van der Waals surface area contributed by atoms with Crippen molar-refractivity contribution in [3.05, 3.63) is 103 Å². The van der Waals surface area contributed by atoms with Gasteiger partial charge in [0.15, 0.2) is 0 Å². The topological polar surface area (TPSA) is 67.8 Å². The summed E-state index contributed by atoms with van der Waals surface area (Å²) in [6.07, 6.45) is -4.59. The molecule has 0 amide bonds. The molecule has 2 aromatic heterocycles. The van der Waals surface area contributed by atoms with E-state index in [1.54, 1.807) is 19.1 Å². The van der Waals surface area contributed by atoms with Gasteiger partial charge in [-0.15, -0.1) is 11.8 Å². The van der Waals surface area contributed by atoms with Gasteiger partial charge in [-0.05, 0) is 36.2 Å². The van der Waals surface area contributed by atoms with Crippen molar-refractivity contribution in [1.82, 2.24) is 14.5 Å². The van der Waals surface area contributed by atoms with Crippen LogP contribution in [0.4, 0.5) is 13.2 Å². The van der Waals surface area contributed by atoms with E-state index in [0.717, 1.165) is 21.8 Å². The van der Waals surface area contributed by atoms with Gasteiger partial charge in [0.2, 0.25) is 0 Å². The van der Waals surface area contributed by atoms with Crippen LogP contribution in [0.3, 0.4) is 0 Å². The first-order chi connectivity index (χ1) is 15.6. The Kier molecular flexibility index (Phi) is 6.36. The number of aromatic nitrogens is 3. The Balaban J connectivity index is 1.58. The number of rotatable bonds is 5. The fraction of sp³-hybridized carbons (Fsp3) is 0.174. The monoisotopic (exact) mass is 491 g/mol. The summed E-state index contributed by atoms with van der Waals surface area (Å²) in [5.41, 5.74) is 0.191. The molecule has 2 heterocycles. The first-order valence-corrected chi connectivity index (χ1v) is 11.2. The molecule has 0 fully saturated rings. The Morgan fingerprint density at radius 2 is 1.79 bits per heavy atom. The van der Waals surface area contributed by atoms with E-state index in [-0.39, 0.29) is 22.6 Å². The smallest absolute Gasteiger partial charge is 0.301 e. The highest BCUT2D eigenvalue weighted by Gasteiger charge is 2.33. The summed E-state index contributed by atoms with van der Waals surface area (Å²) in [7, 11) is 0. The number of alkyl halides is 3. The number of H-pyrrole nitrogens is 1. The SMILES string of the molecule is Cc1c(SCc2ccc3nc(C(F)(F)F)cc(Cl)c3c2)[nH]c(=O)n(Cc2ccccc2)c1=O. The van der Waals surface area contributed by atoms with Crippen LogP contribution in [0.25, 0.3) is 10.9 Å². The lowest BCUT2D eigenvalue weighted by Gasteiger charge is -2.11. The molecule has 0 aliphatic carbocycles. The molecule has 1 N–H and O–H groups in total. The van der Waals surface area contributed by atoms with Crippen LogP contribution in [0.5, 0.6) is 0 Å². The van der Waals surface area contributed by atoms with E-state index >= 15 is 0 Å². The molecule has 0 radical (unpaired) electrons. The molecular weight excluding hydrogens is 475 g/mol. The number of aromatic amines is 1. The number of nitrogens with one attached hydrogen (secondary N) is 1. The molecule has 0 aliphatic rings. The lowest BCUT2D eigenvalue weighted by Crippen LogP contribution is -2.37. The number of hydrogen-bond donors (Lipinski definition) is 1. The van der Waals surface area contributed by atoms with Gasteiger partial charge < -0.3 is 4.98 Å². The average Bonchev–Trinajstić information content (AvgIpc) is 2.78. The highest BCUT2D eigenvalue weighted by atomic mass is 35.5. The molecule has 0 bridgehead atoms. The standard InChI is InChI=1S/C23H17ClF3N3O2S/c1-13-20(29-22(32)30(21(13)31)11-14-5-3-2-4-6-14)33-12-15-7-8-18-16(9-15)17(24)10-19(28-18)23(25,26)27/h2-10H,11-12H2,1H3,(H,29,32). The summed E-state index contributed by atoms with van der Waals surface area (Å²) >= 11 is 7.32. The summed E-state index contributed by atoms with van der Waals surface area (Å²) < 4.78 is 40.0. The maximum Gasteiger partial charge on any atom is 0.433 e. The van der Waals surface area contributed by atoms with Gasteiger partial charge in [-0.2, -0.15) is 13.2 Å². The summed E-state index contributed by atoms with van der Waals surface area (Å²) in [5.74, 6) is 0.367. The van der Waals surface area contributed by atoms with Crippen LogP contribution in [0.15, 0.2) is 69.2 Å². The van der Waals surface area contributed by atoms with Gasteiger partial charge in [-0.1, -0.05) is 48.0 Å². The zero-order valence-corrected chi connectivity index (χ0v) is 18.8. The maximum absolute atomic E-state index is 13.0. The number of halogens is 4. The van der Waals surface area contributed by atoms with Gasteiger partial charge in [0.25, 0.3) is 5.56 Å². The van der Waals surface area contributed by atoms with Crippen molar-refractivity contribution >= 4 is 34.3 Å². The number of thioether (sulfide) groups is 1. The van der Waals surface area contributed by atoms with Crippen molar-refractivity contribution in [2.75, 3.05) is 0 Å². The van der Waals surface area contributed by atoms with Crippen LogP contribution in [0.2, 0.25) is 5.02 Å². The number of pyridine rings is 1. The van der Waals surface area contributed by atoms with Crippen molar-refractivity contribution < 1.29 is 13.2 Å². The Hall–Kier alpha value is -3.04. The van der Waals surface area contributed by atoms with Gasteiger partial charge in [-0.25, -0.2) is 9.78 Å². The van der Waals surface area contributed by atoms with Crippen molar-refractivity contribution in [2.24, 2.45) is 0 Å². The van der Waals surface area contributed by atoms with Gasteiger partial charge in [-0.3, -0.25) is 9.36 Å². The van der Waals surface area contributed by atoms with E-state index < -0.39 is 17.6 Å². The zero-order chi connectivity index (χ0) is 23.8. The third-order valence-corrected chi connectivity index (χ3v) is 6.54. The van der Waals surface area contributed by atoms with Crippen molar-refractivity contribution in [3.63, 3.8) is 0 Å². The Morgan fingerprint density at radius 3 is 2.48 bits per heavy atom. The second-order valence-electron chi connectivity index (χ2n) is 7.39. The second kappa shape index (κ2) is 9.07. The molecule has 0 saturated carbocycles. The van der Waals surface area contributed by atoms with E-state index in [2.05, 4.69) is 9.97 Å². The predicted octanol–water partition coefficient (Wildman–Crippen LogP) is 5.41. The third kappa shape index (κ3) is 4.99. The van der Waals surface area contributed by atoms with Gasteiger partial charge in [0, 0.05) is 16.7 Å². The molecular formula is C23H17ClF3N3O2S. The number of hydrogen-bond acceptors (Lipinski definition) is 4. The first kappa shape index (κ1) is 23.1. The van der Waals surface area contributed by atoms with Gasteiger partial charge in [0.05, 0.1) is 22.1 Å². The summed E-state index contributed by atoms with van der Waals surface area (Å²) in [4.78, 5) is 31.7. The van der Waals surface area contributed by atoms with Crippen molar-refractivity contribution in [2.45, 2.75) is 30.4 Å². The molecule has 0 saturated heterocycles. The second-order valence-corrected chi connectivity index (χ2v) is 8.78. The van der Waals surface area contributed by atoms with Crippen LogP contribution >= 0.6 is 23.4 Å². The molecule has 2 aromatic carbocycles. The van der Waals surface area contributed by atoms with Crippen LogP contribution in [-0.4, -0.2) is 14.5 Å². The minimum absolute atomic E-state index is 0.0488. The fourth-order valence-corrected chi connectivity index (χ4v) is 4.53. The number of benzene rings is 2. The third-order valence-electron chi connectivity index (χ3n) is 5.05. The zero-order valence-electron chi connectivity index (χ0n) is 17.2. The lowest BCUT2D eigenvalue weighted by molar-refractivity contribution is -0.140. The van der Waals surface area contributed by atoms with Crippen LogP contribution < -0.4 is 11.2 Å². The molecule has 4 aromatic rings. The molecule has 0 unspecified atom stereocenters. The van der Waals surface area contributed by atoms with E-state index in [9.17, 15) is 22.8 Å². The van der Waals surface area contributed by atoms with E-state index in [1.165, 1.54) is 17.8 Å². The molecule has 4 rings (SSSR count). The van der Waals surface area contributed by atoms with E-state index in [1.807, 2.05) is 30.3 Å². The minimum Gasteiger partial charge on any atom is -0.301 e. The summed E-state index contributed by atoms with van der Waals surface area (Å²) in [6.45, 7) is 1.80. The fourth-order valence-electron chi connectivity index (χ4n) is 3.33. The molecule has 0 aliphatic heterocycles. The Labute approximate surface area is 195 Å². The lowest BCUT2D eigenvalue weighted by atomic mass is 10.1. The average molecular weight is 492 g/mol. The van der Waals surface area contributed by atoms with Gasteiger partial charge in [0.1, 0.15) is 5.69 Å². The quantitative estimate of drug-likeness (QED) is 0.299. The molecule has 0 spiro atoms. The highest BCUT2D eigenvalue weighted by molar-refractivity contribution is 7.98. The van der Waals surface area contributed by atoms with Crippen LogP contribution in [0.1, 0.15) is 22.4 Å². The first-order valence-electron chi connectivity index (χ1n) is 9.80. The minimum atomic E-state index is -4.59. The predicted molar refractivity (Wildman–Crippen MR) is 123 cm³/mol. The largest absolute Gasteiger partial charge is 0.433 e. The molecule has 170 valence electrons. The van der Waals surface area contributed by atoms with E-state index in [4.69, 9.17) is 11.6 Å². The normalized spacial score (nSPS) is 11.8. The van der Waals surface area contributed by atoms with Crippen LogP contribution in [-0.2, 0) is 18.5 Å². The summed E-state index contributed by atoms with van der Waals surface area (Å²) in [6, 6.07) is 14.8. The van der Waals surface area contributed by atoms with Crippen LogP contribution in [0, 0.1) is 6.92 Å². The number of nitrogens with zero attached hydrogens (tertiary/aromatic N) is 2. The Morgan fingerprint density at radius 1 is 1.06 bits per heavy atom. The number of fused-ring (bicyclic) bond motifs is 1. The maximum atomic E-state index is 13.0. The van der Waals surface area contributed by atoms with Crippen molar-refractivity contribution in [1.29, 1.82) is 0 Å². The molecule has 5 nitrogen and oxygen atoms in total. The van der Waals surface area contributed by atoms with Gasteiger partial charge >= 0.3 is 11.9 Å². The highest BCUT2D eigenvalue weighted by Crippen LogP contribution is 2.33. The van der Waals surface area contributed by atoms with E-state index in [0.29, 0.717) is 21.7 Å². The molecule has 0 atom stereocenters. The molecule has 10 heteroatoms.